The minimum atomic E-state index is 0.0914. The lowest BCUT2D eigenvalue weighted by Crippen LogP contribution is -2.47. The van der Waals surface area contributed by atoms with Crippen molar-refractivity contribution in [1.29, 1.82) is 0 Å². The predicted octanol–water partition coefficient (Wildman–Crippen LogP) is 3.20. The number of hydrogen-bond donors (Lipinski definition) is 0. The van der Waals surface area contributed by atoms with Crippen LogP contribution in [-0.2, 0) is 0 Å². The summed E-state index contributed by atoms with van der Waals surface area (Å²) in [7, 11) is 2.09. The van der Waals surface area contributed by atoms with Gasteiger partial charge >= 0.3 is 0 Å². The Morgan fingerprint density at radius 2 is 1.87 bits per heavy atom. The van der Waals surface area contributed by atoms with Crippen LogP contribution >= 0.6 is 11.3 Å². The molecule has 23 heavy (non-hydrogen) atoms. The number of benzene rings is 1. The van der Waals surface area contributed by atoms with Crippen molar-refractivity contribution < 1.29 is 9.53 Å². The third-order valence-electron chi connectivity index (χ3n) is 4.04. The molecular formula is C18H22N2O2S. The van der Waals surface area contributed by atoms with E-state index in [1.54, 1.807) is 0 Å². The largest absolute Gasteiger partial charge is 0.492 e. The fourth-order valence-electron chi connectivity index (χ4n) is 2.68. The van der Waals surface area contributed by atoms with Crippen molar-refractivity contribution in [2.45, 2.75) is 6.92 Å². The first-order valence-electron chi connectivity index (χ1n) is 7.99. The molecule has 5 heteroatoms. The van der Waals surface area contributed by atoms with Crippen LogP contribution in [0.25, 0.3) is 10.4 Å². The van der Waals surface area contributed by atoms with Crippen LogP contribution in [0.3, 0.4) is 0 Å². The minimum Gasteiger partial charge on any atom is -0.492 e. The standard InChI is InChI=1S/C18H22N2O2S/c1-3-22-15-13-16(14-7-5-4-6-8-14)23-17(15)18(21)20-11-9-19(2)10-12-20/h4-8,13H,3,9-12H2,1-2H3. The summed E-state index contributed by atoms with van der Waals surface area (Å²) in [6, 6.07) is 12.1. The van der Waals surface area contributed by atoms with Gasteiger partial charge in [0.1, 0.15) is 10.6 Å². The molecular weight excluding hydrogens is 308 g/mol. The number of likely N-dealkylation sites (N-methyl/N-ethyl adjacent to an activating group) is 1. The van der Waals surface area contributed by atoms with Crippen molar-refractivity contribution in [2.75, 3.05) is 39.8 Å². The average molecular weight is 330 g/mol. The van der Waals surface area contributed by atoms with Gasteiger partial charge in [-0.25, -0.2) is 0 Å². The van der Waals surface area contributed by atoms with E-state index < -0.39 is 0 Å². The summed E-state index contributed by atoms with van der Waals surface area (Å²) in [6.07, 6.45) is 0. The van der Waals surface area contributed by atoms with Crippen molar-refractivity contribution in [1.82, 2.24) is 9.80 Å². The Balaban J connectivity index is 1.88. The highest BCUT2D eigenvalue weighted by atomic mass is 32.1. The number of carbonyl (C=O) groups excluding carboxylic acids is 1. The van der Waals surface area contributed by atoms with Gasteiger partial charge in [0, 0.05) is 31.1 Å². The minimum absolute atomic E-state index is 0.0914. The van der Waals surface area contributed by atoms with Gasteiger partial charge in [0.15, 0.2) is 0 Å². The zero-order chi connectivity index (χ0) is 16.2. The third-order valence-corrected chi connectivity index (χ3v) is 5.19. The van der Waals surface area contributed by atoms with E-state index in [2.05, 4.69) is 24.1 Å². The fourth-order valence-corrected chi connectivity index (χ4v) is 3.76. The number of piperazine rings is 1. The van der Waals surface area contributed by atoms with Crippen molar-refractivity contribution in [3.63, 3.8) is 0 Å². The van der Waals surface area contributed by atoms with Gasteiger partial charge < -0.3 is 14.5 Å². The number of carbonyl (C=O) groups is 1. The molecule has 0 aliphatic carbocycles. The topological polar surface area (TPSA) is 32.8 Å². The Bertz CT molecular complexity index is 661. The van der Waals surface area contributed by atoms with Crippen LogP contribution in [0.2, 0.25) is 0 Å². The van der Waals surface area contributed by atoms with Crippen LogP contribution in [0.4, 0.5) is 0 Å². The molecule has 1 aromatic heterocycles. The number of rotatable bonds is 4. The number of nitrogens with zero attached hydrogens (tertiary/aromatic N) is 2. The zero-order valence-corrected chi connectivity index (χ0v) is 14.4. The molecule has 1 saturated heterocycles. The van der Waals surface area contributed by atoms with E-state index in [1.807, 2.05) is 36.1 Å². The second kappa shape index (κ2) is 7.15. The molecule has 0 atom stereocenters. The van der Waals surface area contributed by atoms with E-state index in [9.17, 15) is 4.79 Å². The van der Waals surface area contributed by atoms with Gasteiger partial charge in [0.05, 0.1) is 6.61 Å². The van der Waals surface area contributed by atoms with Crippen LogP contribution in [0, 0.1) is 0 Å². The molecule has 1 aromatic carbocycles. The summed E-state index contributed by atoms with van der Waals surface area (Å²) in [5.74, 6) is 0.800. The van der Waals surface area contributed by atoms with E-state index in [0.717, 1.165) is 41.5 Å². The molecule has 122 valence electrons. The first-order chi connectivity index (χ1) is 11.2. The van der Waals surface area contributed by atoms with Crippen LogP contribution < -0.4 is 4.74 Å². The van der Waals surface area contributed by atoms with Gasteiger partial charge in [-0.1, -0.05) is 30.3 Å². The second-order valence-electron chi connectivity index (χ2n) is 5.70. The maximum absolute atomic E-state index is 12.9. The summed E-state index contributed by atoms with van der Waals surface area (Å²) in [5.41, 5.74) is 1.12. The fraction of sp³-hybridized carbons (Fsp3) is 0.389. The molecule has 0 radical (unpaired) electrons. The molecule has 1 fully saturated rings. The van der Waals surface area contributed by atoms with Gasteiger partial charge in [-0.2, -0.15) is 0 Å². The number of amides is 1. The van der Waals surface area contributed by atoms with Gasteiger partial charge in [-0.05, 0) is 25.6 Å². The number of thiophene rings is 1. The zero-order valence-electron chi connectivity index (χ0n) is 13.6. The highest BCUT2D eigenvalue weighted by Crippen LogP contribution is 2.37. The molecule has 4 nitrogen and oxygen atoms in total. The van der Waals surface area contributed by atoms with E-state index in [-0.39, 0.29) is 5.91 Å². The van der Waals surface area contributed by atoms with Crippen LogP contribution in [-0.4, -0.2) is 55.5 Å². The molecule has 1 amide bonds. The van der Waals surface area contributed by atoms with Crippen molar-refractivity contribution in [3.05, 3.63) is 41.3 Å². The van der Waals surface area contributed by atoms with Gasteiger partial charge in [0.25, 0.3) is 5.91 Å². The van der Waals surface area contributed by atoms with Gasteiger partial charge in [0.2, 0.25) is 0 Å². The molecule has 0 unspecified atom stereocenters. The second-order valence-corrected chi connectivity index (χ2v) is 6.75. The van der Waals surface area contributed by atoms with Crippen molar-refractivity contribution in [2.24, 2.45) is 0 Å². The smallest absolute Gasteiger partial charge is 0.267 e. The molecule has 1 aliphatic heterocycles. The highest BCUT2D eigenvalue weighted by Gasteiger charge is 2.25. The highest BCUT2D eigenvalue weighted by molar-refractivity contribution is 7.17. The third kappa shape index (κ3) is 3.57. The number of ether oxygens (including phenoxy) is 1. The van der Waals surface area contributed by atoms with Crippen LogP contribution in [0.1, 0.15) is 16.6 Å². The van der Waals surface area contributed by atoms with Gasteiger partial charge in [-0.3, -0.25) is 4.79 Å². The van der Waals surface area contributed by atoms with Crippen LogP contribution in [0.5, 0.6) is 5.75 Å². The molecule has 0 spiro atoms. The summed E-state index contributed by atoms with van der Waals surface area (Å²) in [6.45, 7) is 5.91. The summed E-state index contributed by atoms with van der Waals surface area (Å²) in [4.78, 5) is 18.9. The van der Waals surface area contributed by atoms with E-state index in [4.69, 9.17) is 4.74 Å². The molecule has 2 aromatic rings. The summed E-state index contributed by atoms with van der Waals surface area (Å²) >= 11 is 1.53. The maximum Gasteiger partial charge on any atom is 0.267 e. The molecule has 0 bridgehead atoms. The van der Waals surface area contributed by atoms with Crippen LogP contribution in [0.15, 0.2) is 36.4 Å². The summed E-state index contributed by atoms with van der Waals surface area (Å²) < 4.78 is 5.72. The molecule has 2 heterocycles. The molecule has 0 saturated carbocycles. The van der Waals surface area contributed by atoms with Crippen molar-refractivity contribution >= 4 is 17.2 Å². The predicted molar refractivity (Wildman–Crippen MR) is 94.3 cm³/mol. The van der Waals surface area contributed by atoms with E-state index >= 15 is 0 Å². The molecule has 0 N–H and O–H groups in total. The Kier molecular flexibility index (Phi) is 4.98. The molecule has 1 aliphatic rings. The normalized spacial score (nSPS) is 15.7. The Morgan fingerprint density at radius 3 is 2.52 bits per heavy atom. The van der Waals surface area contributed by atoms with Gasteiger partial charge in [-0.15, -0.1) is 11.3 Å². The monoisotopic (exact) mass is 330 g/mol. The van der Waals surface area contributed by atoms with E-state index in [0.29, 0.717) is 12.4 Å². The lowest BCUT2D eigenvalue weighted by Gasteiger charge is -2.32. The first-order valence-corrected chi connectivity index (χ1v) is 8.80. The quantitative estimate of drug-likeness (QED) is 0.863. The SMILES string of the molecule is CCOc1cc(-c2ccccc2)sc1C(=O)N1CCN(C)CC1. The average Bonchev–Trinajstić information content (AvgIpc) is 3.00. The van der Waals surface area contributed by atoms with E-state index in [1.165, 1.54) is 11.3 Å². The summed E-state index contributed by atoms with van der Waals surface area (Å²) in [5, 5.41) is 0. The Labute approximate surface area is 141 Å². The first kappa shape index (κ1) is 16.0. The Morgan fingerprint density at radius 1 is 1.17 bits per heavy atom. The lowest BCUT2D eigenvalue weighted by atomic mass is 10.2. The Hall–Kier alpha value is -1.85. The van der Waals surface area contributed by atoms with Crippen molar-refractivity contribution in [3.8, 4) is 16.2 Å². The maximum atomic E-state index is 12.9. The lowest BCUT2D eigenvalue weighted by molar-refractivity contribution is 0.0665. The molecule has 3 rings (SSSR count). The number of hydrogen-bond acceptors (Lipinski definition) is 4.